The van der Waals surface area contributed by atoms with Crippen LogP contribution in [-0.4, -0.2) is 41.0 Å². The number of rotatable bonds is 1. The number of aromatic nitrogens is 1. The summed E-state index contributed by atoms with van der Waals surface area (Å²) in [6, 6.07) is 6.34. The van der Waals surface area contributed by atoms with Gasteiger partial charge in [-0.1, -0.05) is 50.6 Å². The van der Waals surface area contributed by atoms with Crippen LogP contribution in [0, 0.1) is 29.6 Å². The van der Waals surface area contributed by atoms with Gasteiger partial charge in [-0.2, -0.15) is 0 Å². The minimum absolute atomic E-state index is 0.115. The summed E-state index contributed by atoms with van der Waals surface area (Å²) < 4.78 is 5.85. The molecule has 0 amide bonds. The maximum Gasteiger partial charge on any atom is 0.192 e. The van der Waals surface area contributed by atoms with E-state index in [1.807, 2.05) is 21.0 Å². The van der Waals surface area contributed by atoms with Gasteiger partial charge in [0, 0.05) is 18.3 Å². The normalized spacial score (nSPS) is 34.8. The lowest BCUT2D eigenvalue weighted by molar-refractivity contribution is -0.0651. The van der Waals surface area contributed by atoms with E-state index < -0.39 is 5.60 Å². The molecule has 3 N–H and O–H groups in total. The third kappa shape index (κ3) is 3.82. The standard InChI is InChI=1S/C29H35NO3.C2H7N/c1-17-30-24-9-6-19(15-25(24)33-17)23-8-10-26-28(23,4)27(2,3)16-21-13-20-14-22(31)7-5-18(20)11-12-29(21,26)32;1-3-2/h6,8-9,13,15-16,18,22,26,31-32H,5,7,10-12,14H2,1-4H3;3H,1-2H3/t18?,22?,26?,28?,29-;/m1./s1. The molecule has 5 nitrogen and oxygen atoms in total. The van der Waals surface area contributed by atoms with E-state index in [0.717, 1.165) is 55.2 Å². The molecule has 5 heteroatoms. The molecule has 1 aromatic carbocycles. The van der Waals surface area contributed by atoms with Gasteiger partial charge in [0.2, 0.25) is 0 Å². The summed E-state index contributed by atoms with van der Waals surface area (Å²) in [5.41, 5.74) is 5.42. The number of nitrogens with one attached hydrogen (secondary N) is 1. The smallest absolute Gasteiger partial charge is 0.192 e. The Bertz CT molecular complexity index is 1250. The second-order valence-corrected chi connectivity index (χ2v) is 12.2. The minimum atomic E-state index is -0.843. The van der Waals surface area contributed by atoms with Gasteiger partial charge in [-0.25, -0.2) is 4.98 Å². The summed E-state index contributed by atoms with van der Waals surface area (Å²) in [5.74, 6) is 1.29. The number of fused-ring (bicyclic) bond motifs is 5. The summed E-state index contributed by atoms with van der Waals surface area (Å²) >= 11 is 0. The molecule has 6 rings (SSSR count). The Morgan fingerprint density at radius 3 is 2.61 bits per heavy atom. The van der Waals surface area contributed by atoms with Gasteiger partial charge >= 0.3 is 0 Å². The van der Waals surface area contributed by atoms with E-state index in [1.165, 1.54) is 16.7 Å². The first-order chi connectivity index (χ1) is 17.0. The van der Waals surface area contributed by atoms with Crippen molar-refractivity contribution in [2.75, 3.05) is 14.1 Å². The number of aliphatic hydroxyl groups excluding tert-OH is 1. The predicted octanol–water partition coefficient (Wildman–Crippen LogP) is 5.96. The topological polar surface area (TPSA) is 78.5 Å². The zero-order chi connectivity index (χ0) is 25.9. The third-order valence-corrected chi connectivity index (χ3v) is 9.61. The number of hydrogen-bond donors (Lipinski definition) is 3. The fraction of sp³-hybridized carbons (Fsp3) is 0.581. The number of aliphatic hydroxyl groups is 2. The first-order valence-corrected chi connectivity index (χ1v) is 13.5. The van der Waals surface area contributed by atoms with Crippen LogP contribution in [0.5, 0.6) is 0 Å². The highest BCUT2D eigenvalue weighted by molar-refractivity contribution is 5.82. The van der Waals surface area contributed by atoms with Gasteiger partial charge < -0.3 is 19.9 Å². The molecule has 0 saturated heterocycles. The first-order valence-electron chi connectivity index (χ1n) is 13.5. The van der Waals surface area contributed by atoms with Gasteiger partial charge in [0.1, 0.15) is 5.52 Å². The third-order valence-electron chi connectivity index (χ3n) is 9.61. The molecule has 36 heavy (non-hydrogen) atoms. The Balaban J connectivity index is 0.000000848. The Morgan fingerprint density at radius 1 is 1.11 bits per heavy atom. The van der Waals surface area contributed by atoms with E-state index in [-0.39, 0.29) is 22.9 Å². The van der Waals surface area contributed by atoms with Crippen molar-refractivity contribution < 1.29 is 14.6 Å². The van der Waals surface area contributed by atoms with Crippen LogP contribution in [0.25, 0.3) is 16.7 Å². The largest absolute Gasteiger partial charge is 0.441 e. The number of allylic oxidation sites excluding steroid dienone is 3. The van der Waals surface area contributed by atoms with Gasteiger partial charge in [0.05, 0.1) is 11.7 Å². The van der Waals surface area contributed by atoms with Crippen molar-refractivity contribution in [3.63, 3.8) is 0 Å². The monoisotopic (exact) mass is 490 g/mol. The van der Waals surface area contributed by atoms with Gasteiger partial charge in [-0.15, -0.1) is 0 Å². The number of benzene rings is 1. The summed E-state index contributed by atoms with van der Waals surface area (Å²) in [4.78, 5) is 4.46. The number of nitrogens with zero attached hydrogens (tertiary/aromatic N) is 1. The number of oxazole rings is 1. The molecule has 1 aromatic heterocycles. The van der Waals surface area contributed by atoms with Crippen LogP contribution in [0.4, 0.5) is 0 Å². The van der Waals surface area contributed by atoms with E-state index in [1.54, 1.807) is 0 Å². The van der Waals surface area contributed by atoms with Crippen molar-refractivity contribution in [1.82, 2.24) is 10.3 Å². The average Bonchev–Trinajstić information content (AvgIpc) is 3.33. The van der Waals surface area contributed by atoms with E-state index in [0.29, 0.717) is 11.8 Å². The van der Waals surface area contributed by atoms with Crippen LogP contribution in [0.15, 0.2) is 52.0 Å². The molecule has 5 atom stereocenters. The molecule has 4 aliphatic rings. The van der Waals surface area contributed by atoms with Crippen molar-refractivity contribution in [2.24, 2.45) is 22.7 Å². The van der Waals surface area contributed by atoms with E-state index >= 15 is 0 Å². The Morgan fingerprint density at radius 2 is 1.86 bits per heavy atom. The van der Waals surface area contributed by atoms with Crippen LogP contribution in [-0.2, 0) is 0 Å². The predicted molar refractivity (Wildman–Crippen MR) is 145 cm³/mol. The van der Waals surface area contributed by atoms with Crippen molar-refractivity contribution in [2.45, 2.75) is 77.9 Å². The zero-order valence-corrected chi connectivity index (χ0v) is 22.7. The summed E-state index contributed by atoms with van der Waals surface area (Å²) in [6.45, 7) is 8.88. The molecular formula is C31H42N2O3. The Labute approximate surface area is 215 Å². The second-order valence-electron chi connectivity index (χ2n) is 12.2. The quantitative estimate of drug-likeness (QED) is 0.460. The summed E-state index contributed by atoms with van der Waals surface area (Å²) in [5, 5.41) is 25.4. The fourth-order valence-corrected chi connectivity index (χ4v) is 7.54. The molecule has 2 aromatic rings. The molecule has 0 aliphatic heterocycles. The van der Waals surface area contributed by atoms with Gasteiger partial charge in [0.25, 0.3) is 0 Å². The lowest BCUT2D eigenvalue weighted by Crippen LogP contribution is -2.55. The van der Waals surface area contributed by atoms with Crippen LogP contribution in [0.2, 0.25) is 0 Å². The first kappa shape index (κ1) is 25.4. The maximum absolute atomic E-state index is 12.4. The maximum atomic E-state index is 12.4. The Hall–Kier alpha value is -2.21. The van der Waals surface area contributed by atoms with Crippen molar-refractivity contribution in [3.8, 4) is 0 Å². The van der Waals surface area contributed by atoms with Gasteiger partial charge in [-0.3, -0.25) is 0 Å². The lowest BCUT2D eigenvalue weighted by atomic mass is 9.49. The SMILES string of the molecule is CNC.Cc1nc2ccc(C3=CCC4C3(C)C(C)(C)C=C3C=C5CC(O)CCC5CC[C@@]34O)cc2o1. The van der Waals surface area contributed by atoms with Crippen molar-refractivity contribution in [1.29, 1.82) is 0 Å². The highest BCUT2D eigenvalue weighted by Crippen LogP contribution is 2.67. The number of hydrogen-bond acceptors (Lipinski definition) is 5. The molecule has 194 valence electrons. The molecule has 1 saturated carbocycles. The second kappa shape index (κ2) is 8.97. The van der Waals surface area contributed by atoms with Gasteiger partial charge in [0.15, 0.2) is 11.5 Å². The summed E-state index contributed by atoms with van der Waals surface area (Å²) in [6.07, 6.45) is 12.0. The van der Waals surface area contributed by atoms with Crippen LogP contribution >= 0.6 is 0 Å². The molecule has 0 radical (unpaired) electrons. The van der Waals surface area contributed by atoms with Crippen LogP contribution in [0.1, 0.15) is 70.8 Å². The Kier molecular flexibility index (Phi) is 6.34. The fourth-order valence-electron chi connectivity index (χ4n) is 7.54. The molecule has 1 fully saturated rings. The molecule has 0 bridgehead atoms. The zero-order valence-electron chi connectivity index (χ0n) is 22.7. The minimum Gasteiger partial charge on any atom is -0.441 e. The molecule has 1 heterocycles. The molecule has 0 spiro atoms. The van der Waals surface area contributed by atoms with E-state index in [2.05, 4.69) is 67.5 Å². The lowest BCUT2D eigenvalue weighted by Gasteiger charge is -2.56. The number of aryl methyl sites for hydroxylation is 1. The van der Waals surface area contributed by atoms with Crippen LogP contribution in [0.3, 0.4) is 0 Å². The van der Waals surface area contributed by atoms with Crippen molar-refractivity contribution >= 4 is 16.7 Å². The molecular weight excluding hydrogens is 448 g/mol. The van der Waals surface area contributed by atoms with Gasteiger partial charge in [-0.05, 0) is 92.8 Å². The average molecular weight is 491 g/mol. The molecule has 4 unspecified atom stereocenters. The highest BCUT2D eigenvalue weighted by Gasteiger charge is 2.62. The highest BCUT2D eigenvalue weighted by atomic mass is 16.3. The van der Waals surface area contributed by atoms with E-state index in [9.17, 15) is 10.2 Å². The van der Waals surface area contributed by atoms with Crippen LogP contribution < -0.4 is 5.32 Å². The van der Waals surface area contributed by atoms with Crippen molar-refractivity contribution in [3.05, 3.63) is 59.0 Å². The van der Waals surface area contributed by atoms with E-state index in [4.69, 9.17) is 4.42 Å². The molecule has 4 aliphatic carbocycles. The summed E-state index contributed by atoms with van der Waals surface area (Å²) in [7, 11) is 3.75.